The van der Waals surface area contributed by atoms with Crippen molar-refractivity contribution >= 4 is 28.5 Å². The molecule has 3 aromatic carbocycles. The molecule has 2 atom stereocenters. The molecule has 1 N–H and O–H groups in total. The zero-order valence-corrected chi connectivity index (χ0v) is 20.4. The summed E-state index contributed by atoms with van der Waals surface area (Å²) in [7, 11) is 1.90. The second-order valence-corrected chi connectivity index (χ2v) is 9.60. The average molecular weight is 469 g/mol. The molecule has 4 aromatic rings. The van der Waals surface area contributed by atoms with Gasteiger partial charge in [0.15, 0.2) is 6.04 Å². The van der Waals surface area contributed by atoms with E-state index in [1.807, 2.05) is 48.3 Å². The summed E-state index contributed by atoms with van der Waals surface area (Å²) in [5.41, 5.74) is 7.69. The minimum absolute atomic E-state index is 0.0256. The minimum Gasteiger partial charge on any atom is -0.481 e. The van der Waals surface area contributed by atoms with Crippen molar-refractivity contribution in [3.05, 3.63) is 94.7 Å². The molecule has 6 heteroatoms. The van der Waals surface area contributed by atoms with Crippen LogP contribution in [0.5, 0.6) is 0 Å². The maximum Gasteiger partial charge on any atom is 0.320 e. The van der Waals surface area contributed by atoms with E-state index in [1.165, 1.54) is 11.1 Å². The first-order valence-corrected chi connectivity index (χ1v) is 12.0. The maximum atomic E-state index is 14.2. The molecule has 35 heavy (non-hydrogen) atoms. The quantitative estimate of drug-likeness (QED) is 0.407. The van der Waals surface area contributed by atoms with E-state index < -0.39 is 5.97 Å². The molecule has 0 bridgehead atoms. The number of aryl methyl sites for hydroxylation is 3. The van der Waals surface area contributed by atoms with Crippen molar-refractivity contribution in [1.29, 1.82) is 0 Å². The second-order valence-electron chi connectivity index (χ2n) is 9.60. The molecule has 2 unspecified atom stereocenters. The van der Waals surface area contributed by atoms with Crippen molar-refractivity contribution in [2.45, 2.75) is 39.2 Å². The fourth-order valence-electron chi connectivity index (χ4n) is 5.82. The van der Waals surface area contributed by atoms with E-state index >= 15 is 0 Å². The van der Waals surface area contributed by atoms with E-state index in [9.17, 15) is 14.7 Å². The Labute approximate surface area is 205 Å². The third kappa shape index (κ3) is 3.84. The molecular formula is C29H30N3O3+. The van der Waals surface area contributed by atoms with E-state index in [-0.39, 0.29) is 29.3 Å². The van der Waals surface area contributed by atoms with Gasteiger partial charge in [0, 0.05) is 42.1 Å². The van der Waals surface area contributed by atoms with Gasteiger partial charge in [0.2, 0.25) is 0 Å². The van der Waals surface area contributed by atoms with Gasteiger partial charge >= 0.3 is 11.9 Å². The molecule has 0 fully saturated rings. The Balaban J connectivity index is 1.82. The summed E-state index contributed by atoms with van der Waals surface area (Å²) in [6.45, 7) is 4.80. The molecule has 2 heterocycles. The average Bonchev–Trinajstić information content (AvgIpc) is 3.22. The molecule has 178 valence electrons. The number of nitrogens with zero attached hydrogens (tertiary/aromatic N) is 3. The van der Waals surface area contributed by atoms with E-state index in [2.05, 4.69) is 49.3 Å². The van der Waals surface area contributed by atoms with Crippen LogP contribution in [0.4, 0.5) is 5.69 Å². The molecule has 0 spiro atoms. The Hall–Kier alpha value is -3.77. The zero-order chi connectivity index (χ0) is 24.7. The molecule has 0 saturated carbocycles. The van der Waals surface area contributed by atoms with Crippen molar-refractivity contribution in [2.24, 2.45) is 7.05 Å². The summed E-state index contributed by atoms with van der Waals surface area (Å²) >= 11 is 0. The van der Waals surface area contributed by atoms with Crippen LogP contribution in [0.15, 0.2) is 66.9 Å². The van der Waals surface area contributed by atoms with Crippen molar-refractivity contribution in [3.63, 3.8) is 0 Å². The number of quaternary nitrogens is 1. The number of hydrogen-bond donors (Lipinski definition) is 1. The highest BCUT2D eigenvalue weighted by molar-refractivity contribution is 5.94. The highest BCUT2D eigenvalue weighted by atomic mass is 16.4. The van der Waals surface area contributed by atoms with Gasteiger partial charge in [-0.25, -0.2) is 9.28 Å². The van der Waals surface area contributed by atoms with E-state index in [1.54, 1.807) is 0 Å². The summed E-state index contributed by atoms with van der Waals surface area (Å²) in [4.78, 5) is 25.7. The lowest BCUT2D eigenvalue weighted by Gasteiger charge is -2.46. The molecule has 0 aliphatic carbocycles. The number of carbonyl (C=O) groups is 2. The lowest BCUT2D eigenvalue weighted by atomic mass is 9.81. The number of carboxylic acid groups (broad SMARTS) is 1. The van der Waals surface area contributed by atoms with Gasteiger partial charge in [-0.2, -0.15) is 5.10 Å². The maximum absolute atomic E-state index is 14.2. The van der Waals surface area contributed by atoms with E-state index in [0.717, 1.165) is 39.7 Å². The Morgan fingerprint density at radius 2 is 1.83 bits per heavy atom. The number of hydrogen-bond acceptors (Lipinski definition) is 3. The first-order chi connectivity index (χ1) is 16.8. The normalized spacial score (nSPS) is 19.5. The van der Waals surface area contributed by atoms with Gasteiger partial charge in [-0.05, 0) is 37.1 Å². The van der Waals surface area contributed by atoms with E-state index in [0.29, 0.717) is 6.54 Å². The van der Waals surface area contributed by atoms with Crippen LogP contribution in [0.25, 0.3) is 10.9 Å². The summed E-state index contributed by atoms with van der Waals surface area (Å²) in [5.74, 6) is -1.04. The SMILES string of the molecule is Cc1cc(C)c2c(c1)C(c1ccccc1)[N+](C(=O)CCC(=O)O)(c1ccc3cnn(C)c3c1)CC2. The second kappa shape index (κ2) is 8.78. The van der Waals surface area contributed by atoms with Gasteiger partial charge < -0.3 is 5.11 Å². The Bertz CT molecular complexity index is 1440. The van der Waals surface area contributed by atoms with Gasteiger partial charge in [-0.15, -0.1) is 0 Å². The highest BCUT2D eigenvalue weighted by Gasteiger charge is 2.51. The predicted molar refractivity (Wildman–Crippen MR) is 137 cm³/mol. The summed E-state index contributed by atoms with van der Waals surface area (Å²) < 4.78 is 1.88. The van der Waals surface area contributed by atoms with Crippen molar-refractivity contribution in [1.82, 2.24) is 14.3 Å². The van der Waals surface area contributed by atoms with Gasteiger partial charge in [0.25, 0.3) is 0 Å². The number of carboxylic acids is 1. The van der Waals surface area contributed by atoms with Crippen molar-refractivity contribution < 1.29 is 14.7 Å². The number of amides is 1. The lowest BCUT2D eigenvalue weighted by Crippen LogP contribution is -2.60. The largest absolute Gasteiger partial charge is 0.481 e. The summed E-state index contributed by atoms with van der Waals surface area (Å²) in [6, 6.07) is 20.4. The summed E-state index contributed by atoms with van der Waals surface area (Å²) in [6.07, 6.45) is 2.35. The monoisotopic (exact) mass is 468 g/mol. The molecule has 1 aliphatic heterocycles. The zero-order valence-electron chi connectivity index (χ0n) is 20.4. The van der Waals surface area contributed by atoms with Crippen molar-refractivity contribution in [3.8, 4) is 0 Å². The third-order valence-corrected chi connectivity index (χ3v) is 7.41. The fourth-order valence-corrected chi connectivity index (χ4v) is 5.82. The molecule has 0 radical (unpaired) electrons. The smallest absolute Gasteiger partial charge is 0.320 e. The standard InChI is InChI=1S/C29H29N3O3/c1-19-15-20(2)24-13-14-32(27(33)11-12-28(34)35,23-10-9-22-18-30-31(3)26(22)17-23)29(25(24)16-19)21-7-5-4-6-8-21/h4-10,15-18,29H,11-14H2,1-3H3/p+1. The van der Waals surface area contributed by atoms with E-state index in [4.69, 9.17) is 0 Å². The number of fused-ring (bicyclic) bond motifs is 2. The first kappa shape index (κ1) is 23.0. The highest BCUT2D eigenvalue weighted by Crippen LogP contribution is 2.47. The molecule has 1 aromatic heterocycles. The molecule has 6 nitrogen and oxygen atoms in total. The molecule has 1 amide bonds. The summed E-state index contributed by atoms with van der Waals surface area (Å²) in [5, 5.41) is 14.8. The van der Waals surface area contributed by atoms with Crippen LogP contribution < -0.4 is 4.48 Å². The number of benzene rings is 3. The Morgan fingerprint density at radius 1 is 1.06 bits per heavy atom. The van der Waals surface area contributed by atoms with Crippen LogP contribution in [-0.4, -0.2) is 33.3 Å². The predicted octanol–water partition coefficient (Wildman–Crippen LogP) is 5.23. The van der Waals surface area contributed by atoms with Crippen LogP contribution in [0.2, 0.25) is 0 Å². The first-order valence-electron chi connectivity index (χ1n) is 12.0. The van der Waals surface area contributed by atoms with Crippen LogP contribution >= 0.6 is 0 Å². The van der Waals surface area contributed by atoms with Crippen molar-refractivity contribution in [2.75, 3.05) is 6.54 Å². The number of rotatable bonds is 5. The molecular weight excluding hydrogens is 438 g/mol. The van der Waals surface area contributed by atoms with Gasteiger partial charge in [-0.1, -0.05) is 42.0 Å². The minimum atomic E-state index is -0.959. The fraction of sp³-hybridized carbons (Fsp3) is 0.276. The number of carbonyl (C=O) groups excluding carboxylic acids is 1. The third-order valence-electron chi connectivity index (χ3n) is 7.41. The van der Waals surface area contributed by atoms with Crippen LogP contribution in [0.1, 0.15) is 46.7 Å². The lowest BCUT2D eigenvalue weighted by molar-refractivity contribution is -0.141. The molecule has 1 aliphatic rings. The van der Waals surface area contributed by atoms with Crippen LogP contribution in [0, 0.1) is 13.8 Å². The van der Waals surface area contributed by atoms with Crippen LogP contribution in [-0.2, 0) is 23.1 Å². The van der Waals surface area contributed by atoms with Crippen LogP contribution in [0.3, 0.4) is 0 Å². The van der Waals surface area contributed by atoms with Gasteiger partial charge in [-0.3, -0.25) is 9.48 Å². The Morgan fingerprint density at radius 3 is 2.57 bits per heavy atom. The molecule has 5 rings (SSSR count). The van der Waals surface area contributed by atoms with Gasteiger partial charge in [0.05, 0.1) is 31.1 Å². The number of aromatic nitrogens is 2. The topological polar surface area (TPSA) is 72.2 Å². The van der Waals surface area contributed by atoms with Gasteiger partial charge in [0.1, 0.15) is 5.69 Å². The molecule has 0 saturated heterocycles. The Kier molecular flexibility index (Phi) is 5.77. The number of aliphatic carboxylic acids is 1.